The number of piperazine rings is 1. The van der Waals surface area contributed by atoms with Crippen molar-refractivity contribution in [2.24, 2.45) is 0 Å². The Hall–Kier alpha value is -2.02. The highest BCUT2D eigenvalue weighted by Crippen LogP contribution is 2.37. The molecule has 1 aliphatic heterocycles. The Balaban J connectivity index is 1.62. The molecule has 4 rings (SSSR count). The number of nitrogens with two attached hydrogens (primary N) is 1. The van der Waals surface area contributed by atoms with Crippen LogP contribution in [0, 0.1) is 0 Å². The van der Waals surface area contributed by atoms with Crippen molar-refractivity contribution in [3.63, 3.8) is 0 Å². The molecule has 0 unspecified atom stereocenters. The van der Waals surface area contributed by atoms with Gasteiger partial charge in [-0.25, -0.2) is 4.98 Å². The van der Waals surface area contributed by atoms with E-state index in [-0.39, 0.29) is 6.04 Å². The molecule has 0 spiro atoms. The number of hydrogen-bond donors (Lipinski definition) is 2. The molecule has 8 heteroatoms. The second kappa shape index (κ2) is 9.46. The second-order valence-corrected chi connectivity index (χ2v) is 9.61. The summed E-state index contributed by atoms with van der Waals surface area (Å²) in [5.41, 5.74) is 7.57. The van der Waals surface area contributed by atoms with Gasteiger partial charge in [0.15, 0.2) is 0 Å². The Labute approximate surface area is 203 Å². The number of nitrogens with zero attached hydrogens (tertiary/aromatic N) is 3. The smallest absolute Gasteiger partial charge is 0.123 e. The van der Waals surface area contributed by atoms with E-state index in [0.29, 0.717) is 34.0 Å². The van der Waals surface area contributed by atoms with E-state index in [4.69, 9.17) is 40.5 Å². The number of anilines is 2. The second-order valence-electron chi connectivity index (χ2n) is 8.33. The fourth-order valence-electron chi connectivity index (χ4n) is 4.27. The van der Waals surface area contributed by atoms with Gasteiger partial charge < -0.3 is 15.7 Å². The molecule has 0 radical (unpaired) electrons. The molecular formula is C24H25Cl3N4O. The molecule has 2 aromatic carbocycles. The van der Waals surface area contributed by atoms with E-state index in [2.05, 4.69) is 14.8 Å². The van der Waals surface area contributed by atoms with Crippen LogP contribution >= 0.6 is 34.8 Å². The minimum absolute atomic E-state index is 0.0259. The molecule has 0 aliphatic carbocycles. The van der Waals surface area contributed by atoms with Crippen LogP contribution in [0.15, 0.2) is 60.8 Å². The van der Waals surface area contributed by atoms with Crippen LogP contribution in [0.2, 0.25) is 15.1 Å². The van der Waals surface area contributed by atoms with Gasteiger partial charge in [-0.05, 0) is 60.5 Å². The predicted octanol–water partition coefficient (Wildman–Crippen LogP) is 5.40. The third kappa shape index (κ3) is 5.13. The van der Waals surface area contributed by atoms with E-state index >= 15 is 0 Å². The monoisotopic (exact) mass is 490 g/mol. The standard InChI is InChI=1S/C24H25Cl3N4O/c1-24(32,17-8-9-29-23(28)12-17)15-30-10-11-31(21-7-6-19(26)13-20(21)27)22(14-30)16-2-4-18(25)5-3-16/h2-9,12-13,22,32H,10-11,14-15H2,1H3,(H2,28,29)/t22-,24+/m0/s1. The Morgan fingerprint density at radius 2 is 1.75 bits per heavy atom. The SMILES string of the molecule is C[C@@](O)(CN1CCN(c2ccc(Cl)cc2Cl)[C@H](c2ccc(Cl)cc2)C1)c1ccnc(N)c1. The van der Waals surface area contributed by atoms with Gasteiger partial charge in [0.05, 0.1) is 22.4 Å². The number of aromatic nitrogens is 1. The van der Waals surface area contributed by atoms with Crippen LogP contribution in [0.25, 0.3) is 0 Å². The molecule has 1 fully saturated rings. The molecule has 0 saturated carbocycles. The van der Waals surface area contributed by atoms with Gasteiger partial charge in [0.1, 0.15) is 5.82 Å². The number of β-amino-alcohol motifs (C(OH)–C–C–N with tert-alkyl or cyclic N) is 1. The van der Waals surface area contributed by atoms with Gasteiger partial charge in [-0.3, -0.25) is 4.90 Å². The third-order valence-corrected chi connectivity index (χ3v) is 6.66. The largest absolute Gasteiger partial charge is 0.384 e. The Bertz CT molecular complexity index is 1090. The Morgan fingerprint density at radius 1 is 1.03 bits per heavy atom. The zero-order valence-corrected chi connectivity index (χ0v) is 19.9. The van der Waals surface area contributed by atoms with Crippen molar-refractivity contribution in [2.45, 2.75) is 18.6 Å². The van der Waals surface area contributed by atoms with Crippen LogP contribution in [0.1, 0.15) is 24.1 Å². The van der Waals surface area contributed by atoms with Crippen LogP contribution in [0.5, 0.6) is 0 Å². The first kappa shape index (κ1) is 23.1. The molecule has 3 N–H and O–H groups in total. The first-order valence-electron chi connectivity index (χ1n) is 10.4. The van der Waals surface area contributed by atoms with Crippen LogP contribution in [-0.2, 0) is 5.60 Å². The summed E-state index contributed by atoms with van der Waals surface area (Å²) in [5.74, 6) is 0.393. The molecule has 0 amide bonds. The molecule has 5 nitrogen and oxygen atoms in total. The number of nitrogen functional groups attached to an aromatic ring is 1. The first-order chi connectivity index (χ1) is 15.2. The van der Waals surface area contributed by atoms with Crippen molar-refractivity contribution in [1.29, 1.82) is 0 Å². The van der Waals surface area contributed by atoms with Gasteiger partial charge in [-0.2, -0.15) is 0 Å². The lowest BCUT2D eigenvalue weighted by atomic mass is 9.94. The highest BCUT2D eigenvalue weighted by molar-refractivity contribution is 6.36. The summed E-state index contributed by atoms with van der Waals surface area (Å²) < 4.78 is 0. The fraction of sp³-hybridized carbons (Fsp3) is 0.292. The van der Waals surface area contributed by atoms with E-state index in [9.17, 15) is 5.11 Å². The van der Waals surface area contributed by atoms with Gasteiger partial charge in [-0.1, -0.05) is 46.9 Å². The van der Waals surface area contributed by atoms with Gasteiger partial charge in [-0.15, -0.1) is 0 Å². The third-order valence-electron chi connectivity index (χ3n) is 5.87. The molecule has 1 aromatic heterocycles. The van der Waals surface area contributed by atoms with Gasteiger partial charge in [0.25, 0.3) is 0 Å². The highest BCUT2D eigenvalue weighted by atomic mass is 35.5. The molecular weight excluding hydrogens is 467 g/mol. The van der Waals surface area contributed by atoms with E-state index in [1.807, 2.05) is 43.3 Å². The van der Waals surface area contributed by atoms with Crippen LogP contribution in [-0.4, -0.2) is 41.2 Å². The number of halogens is 3. The normalized spacial score (nSPS) is 19.0. The number of rotatable bonds is 5. The molecule has 2 atom stereocenters. The average molecular weight is 492 g/mol. The van der Waals surface area contributed by atoms with Crippen LogP contribution in [0.4, 0.5) is 11.5 Å². The number of aliphatic hydroxyl groups is 1. The van der Waals surface area contributed by atoms with Crippen molar-refractivity contribution in [3.8, 4) is 0 Å². The first-order valence-corrected chi connectivity index (χ1v) is 11.5. The van der Waals surface area contributed by atoms with Crippen molar-refractivity contribution in [3.05, 3.63) is 87.0 Å². The van der Waals surface area contributed by atoms with Crippen molar-refractivity contribution in [2.75, 3.05) is 36.8 Å². The lowest BCUT2D eigenvalue weighted by molar-refractivity contribution is 0.0103. The maximum Gasteiger partial charge on any atom is 0.123 e. The van der Waals surface area contributed by atoms with Crippen molar-refractivity contribution < 1.29 is 5.11 Å². The molecule has 1 aliphatic rings. The number of pyridine rings is 1. The molecule has 32 heavy (non-hydrogen) atoms. The molecule has 168 valence electrons. The Morgan fingerprint density at radius 3 is 2.44 bits per heavy atom. The van der Waals surface area contributed by atoms with Crippen molar-refractivity contribution in [1.82, 2.24) is 9.88 Å². The van der Waals surface area contributed by atoms with Crippen LogP contribution in [0.3, 0.4) is 0 Å². The summed E-state index contributed by atoms with van der Waals surface area (Å²) in [5, 5.41) is 13.1. The van der Waals surface area contributed by atoms with E-state index in [1.54, 1.807) is 24.4 Å². The summed E-state index contributed by atoms with van der Waals surface area (Å²) in [6.45, 7) is 4.48. The molecule has 1 saturated heterocycles. The summed E-state index contributed by atoms with van der Waals surface area (Å²) in [4.78, 5) is 8.58. The minimum Gasteiger partial charge on any atom is -0.384 e. The lowest BCUT2D eigenvalue weighted by Crippen LogP contribution is -2.52. The number of benzene rings is 2. The number of hydrogen-bond acceptors (Lipinski definition) is 5. The summed E-state index contributed by atoms with van der Waals surface area (Å²) >= 11 is 18.8. The average Bonchev–Trinajstić information content (AvgIpc) is 2.74. The van der Waals surface area contributed by atoms with Crippen LogP contribution < -0.4 is 10.6 Å². The summed E-state index contributed by atoms with van der Waals surface area (Å²) in [6.07, 6.45) is 1.62. The van der Waals surface area contributed by atoms with Gasteiger partial charge >= 0.3 is 0 Å². The fourth-order valence-corrected chi connectivity index (χ4v) is 4.91. The van der Waals surface area contributed by atoms with Gasteiger partial charge in [0, 0.05) is 42.4 Å². The molecule has 0 bridgehead atoms. The topological polar surface area (TPSA) is 65.6 Å². The molecule has 2 heterocycles. The maximum absolute atomic E-state index is 11.2. The summed E-state index contributed by atoms with van der Waals surface area (Å²) in [7, 11) is 0. The minimum atomic E-state index is -1.07. The summed E-state index contributed by atoms with van der Waals surface area (Å²) in [6, 6.07) is 17.0. The predicted molar refractivity (Wildman–Crippen MR) is 133 cm³/mol. The zero-order chi connectivity index (χ0) is 22.9. The Kier molecular flexibility index (Phi) is 6.84. The zero-order valence-electron chi connectivity index (χ0n) is 17.7. The maximum atomic E-state index is 11.2. The van der Waals surface area contributed by atoms with E-state index < -0.39 is 5.60 Å². The van der Waals surface area contributed by atoms with Crippen molar-refractivity contribution >= 4 is 46.3 Å². The van der Waals surface area contributed by atoms with Gasteiger partial charge in [0.2, 0.25) is 0 Å². The molecule has 3 aromatic rings. The van der Waals surface area contributed by atoms with E-state index in [0.717, 1.165) is 29.9 Å². The van der Waals surface area contributed by atoms with E-state index in [1.165, 1.54) is 0 Å². The lowest BCUT2D eigenvalue weighted by Gasteiger charge is -2.45. The quantitative estimate of drug-likeness (QED) is 0.500. The highest BCUT2D eigenvalue weighted by Gasteiger charge is 2.34.